The first-order valence-electron chi connectivity index (χ1n) is 5.62. The van der Waals surface area contributed by atoms with Gasteiger partial charge >= 0.3 is 0 Å². The van der Waals surface area contributed by atoms with Crippen LogP contribution in [0, 0.1) is 15.9 Å². The first kappa shape index (κ1) is 14.9. The monoisotopic (exact) mass is 354 g/mol. The van der Waals surface area contributed by atoms with E-state index in [2.05, 4.69) is 21.2 Å². The zero-order valence-corrected chi connectivity index (χ0v) is 11.9. The van der Waals surface area contributed by atoms with Crippen LogP contribution in [0.15, 0.2) is 40.9 Å². The van der Waals surface area contributed by atoms with Crippen LogP contribution in [0.25, 0.3) is 0 Å². The van der Waals surface area contributed by atoms with E-state index in [1.165, 1.54) is 12.1 Å². The maximum atomic E-state index is 13.6. The molecular formula is C13H8BrFN2O4. The fourth-order valence-corrected chi connectivity index (χ4v) is 2.01. The summed E-state index contributed by atoms with van der Waals surface area (Å²) >= 11 is 3.13. The van der Waals surface area contributed by atoms with E-state index in [0.29, 0.717) is 4.47 Å². The average molecular weight is 355 g/mol. The Morgan fingerprint density at radius 1 is 1.29 bits per heavy atom. The molecule has 0 unspecified atom stereocenters. The molecule has 6 nitrogen and oxygen atoms in total. The van der Waals surface area contributed by atoms with Crippen molar-refractivity contribution >= 4 is 33.2 Å². The Labute approximate surface area is 126 Å². The van der Waals surface area contributed by atoms with E-state index in [0.717, 1.165) is 24.3 Å². The number of nitrogens with one attached hydrogen (secondary N) is 1. The molecule has 0 spiro atoms. The highest BCUT2D eigenvalue weighted by Gasteiger charge is 2.21. The summed E-state index contributed by atoms with van der Waals surface area (Å²) in [6, 6.07) is 6.94. The summed E-state index contributed by atoms with van der Waals surface area (Å²) < 4.78 is 14.1. The quantitative estimate of drug-likeness (QED) is 0.652. The molecule has 0 saturated heterocycles. The van der Waals surface area contributed by atoms with Crippen molar-refractivity contribution in [3.63, 3.8) is 0 Å². The number of halogens is 2. The molecule has 0 heterocycles. The van der Waals surface area contributed by atoms with Crippen LogP contribution in [-0.4, -0.2) is 15.9 Å². The van der Waals surface area contributed by atoms with Gasteiger partial charge in [-0.25, -0.2) is 4.39 Å². The Morgan fingerprint density at radius 3 is 2.67 bits per heavy atom. The summed E-state index contributed by atoms with van der Waals surface area (Å²) in [5.41, 5.74) is -0.980. The minimum atomic E-state index is -0.894. The Bertz CT molecular complexity index is 736. The molecule has 0 bridgehead atoms. The lowest BCUT2D eigenvalue weighted by Gasteiger charge is -2.07. The summed E-state index contributed by atoms with van der Waals surface area (Å²) in [6.45, 7) is 0. The van der Waals surface area contributed by atoms with E-state index in [4.69, 9.17) is 0 Å². The third kappa shape index (κ3) is 3.34. The molecule has 0 fully saturated rings. The first-order chi connectivity index (χ1) is 9.88. The standard InChI is InChI=1S/C13H8BrFN2O4/c14-7-1-3-10(15)11(5-7)16-13(19)9-6-8(18)2-4-12(9)17(20)21/h1-6,18H,(H,16,19). The van der Waals surface area contributed by atoms with Crippen LogP contribution < -0.4 is 5.32 Å². The lowest BCUT2D eigenvalue weighted by molar-refractivity contribution is -0.385. The number of hydrogen-bond acceptors (Lipinski definition) is 4. The number of carbonyl (C=O) groups excluding carboxylic acids is 1. The smallest absolute Gasteiger partial charge is 0.282 e. The average Bonchev–Trinajstić information content (AvgIpc) is 2.42. The van der Waals surface area contributed by atoms with Crippen molar-refractivity contribution in [3.05, 3.63) is 62.4 Å². The molecule has 0 aliphatic heterocycles. The van der Waals surface area contributed by atoms with Gasteiger partial charge in [-0.05, 0) is 30.3 Å². The summed E-state index contributed by atoms with van der Waals surface area (Å²) in [7, 11) is 0. The summed E-state index contributed by atoms with van der Waals surface area (Å²) in [5, 5.41) is 22.5. The van der Waals surface area contributed by atoms with Crippen LogP contribution >= 0.6 is 15.9 Å². The van der Waals surface area contributed by atoms with Gasteiger partial charge in [-0.3, -0.25) is 14.9 Å². The first-order valence-corrected chi connectivity index (χ1v) is 6.41. The third-order valence-electron chi connectivity index (χ3n) is 2.60. The molecule has 21 heavy (non-hydrogen) atoms. The third-order valence-corrected chi connectivity index (χ3v) is 3.09. The molecule has 2 aromatic rings. The number of aromatic hydroxyl groups is 1. The number of anilines is 1. The molecule has 0 aliphatic rings. The maximum absolute atomic E-state index is 13.6. The van der Waals surface area contributed by atoms with Crippen molar-refractivity contribution in [2.45, 2.75) is 0 Å². The van der Waals surface area contributed by atoms with Crippen LogP contribution in [-0.2, 0) is 0 Å². The molecule has 1 amide bonds. The van der Waals surface area contributed by atoms with Gasteiger partial charge in [-0.2, -0.15) is 0 Å². The highest BCUT2D eigenvalue weighted by atomic mass is 79.9. The molecule has 108 valence electrons. The van der Waals surface area contributed by atoms with Crippen molar-refractivity contribution in [2.75, 3.05) is 5.32 Å². The molecule has 0 radical (unpaired) electrons. The number of nitro benzene ring substituents is 1. The number of phenols is 1. The molecular weight excluding hydrogens is 347 g/mol. The van der Waals surface area contributed by atoms with E-state index < -0.39 is 22.3 Å². The Morgan fingerprint density at radius 2 is 2.00 bits per heavy atom. The lowest BCUT2D eigenvalue weighted by Crippen LogP contribution is -2.14. The summed E-state index contributed by atoms with van der Waals surface area (Å²) in [6.07, 6.45) is 0. The van der Waals surface area contributed by atoms with Gasteiger partial charge < -0.3 is 10.4 Å². The molecule has 0 aromatic heterocycles. The van der Waals surface area contributed by atoms with Crippen LogP contribution in [0.3, 0.4) is 0 Å². The number of rotatable bonds is 3. The van der Waals surface area contributed by atoms with Gasteiger partial charge in [0.1, 0.15) is 17.1 Å². The molecule has 2 rings (SSSR count). The van der Waals surface area contributed by atoms with E-state index in [9.17, 15) is 24.4 Å². The second-order valence-electron chi connectivity index (χ2n) is 4.04. The number of carbonyl (C=O) groups is 1. The number of nitrogens with zero attached hydrogens (tertiary/aromatic N) is 1. The van der Waals surface area contributed by atoms with Crippen molar-refractivity contribution in [1.82, 2.24) is 0 Å². The van der Waals surface area contributed by atoms with Gasteiger partial charge in [0.2, 0.25) is 0 Å². The SMILES string of the molecule is O=C(Nc1cc(Br)ccc1F)c1cc(O)ccc1[N+](=O)[O-]. The Balaban J connectivity index is 2.39. The van der Waals surface area contributed by atoms with E-state index >= 15 is 0 Å². The highest BCUT2D eigenvalue weighted by Crippen LogP contribution is 2.26. The normalized spacial score (nSPS) is 10.2. The predicted molar refractivity (Wildman–Crippen MR) is 76.8 cm³/mol. The van der Waals surface area contributed by atoms with E-state index in [-0.39, 0.29) is 17.0 Å². The van der Waals surface area contributed by atoms with Crippen molar-refractivity contribution in [1.29, 1.82) is 0 Å². The van der Waals surface area contributed by atoms with Crippen LogP contribution in [0.4, 0.5) is 15.8 Å². The second kappa shape index (κ2) is 5.88. The molecule has 0 saturated carbocycles. The summed E-state index contributed by atoms with van der Waals surface area (Å²) in [4.78, 5) is 22.2. The van der Waals surface area contributed by atoms with Gasteiger partial charge in [-0.1, -0.05) is 15.9 Å². The van der Waals surface area contributed by atoms with Gasteiger partial charge in [-0.15, -0.1) is 0 Å². The Kier molecular flexibility index (Phi) is 4.18. The number of nitro groups is 1. The van der Waals surface area contributed by atoms with Gasteiger partial charge in [0.25, 0.3) is 11.6 Å². The lowest BCUT2D eigenvalue weighted by atomic mass is 10.1. The predicted octanol–water partition coefficient (Wildman–Crippen LogP) is 3.45. The van der Waals surface area contributed by atoms with Crippen LogP contribution in [0.1, 0.15) is 10.4 Å². The van der Waals surface area contributed by atoms with E-state index in [1.54, 1.807) is 0 Å². The maximum Gasteiger partial charge on any atom is 0.282 e. The van der Waals surface area contributed by atoms with E-state index in [1.807, 2.05) is 0 Å². The largest absolute Gasteiger partial charge is 0.508 e. The topological polar surface area (TPSA) is 92.5 Å². The van der Waals surface area contributed by atoms with Crippen molar-refractivity contribution < 1.29 is 19.2 Å². The fraction of sp³-hybridized carbons (Fsp3) is 0. The number of amides is 1. The number of benzene rings is 2. The van der Waals surface area contributed by atoms with Crippen molar-refractivity contribution in [3.8, 4) is 5.75 Å². The minimum absolute atomic E-state index is 0.132. The van der Waals surface area contributed by atoms with Crippen LogP contribution in [0.5, 0.6) is 5.75 Å². The molecule has 0 atom stereocenters. The van der Waals surface area contributed by atoms with Crippen LogP contribution in [0.2, 0.25) is 0 Å². The Hall–Kier alpha value is -2.48. The zero-order chi connectivity index (χ0) is 15.6. The van der Waals surface area contributed by atoms with Gasteiger partial charge in [0.15, 0.2) is 0 Å². The zero-order valence-electron chi connectivity index (χ0n) is 10.3. The highest BCUT2D eigenvalue weighted by molar-refractivity contribution is 9.10. The second-order valence-corrected chi connectivity index (χ2v) is 4.95. The van der Waals surface area contributed by atoms with Gasteiger partial charge in [0, 0.05) is 10.5 Å². The number of phenolic OH excluding ortho intramolecular Hbond substituents is 1. The van der Waals surface area contributed by atoms with Crippen molar-refractivity contribution in [2.24, 2.45) is 0 Å². The van der Waals surface area contributed by atoms with Gasteiger partial charge in [0.05, 0.1) is 10.6 Å². The molecule has 2 aromatic carbocycles. The molecule has 0 aliphatic carbocycles. The molecule has 8 heteroatoms. The number of hydrogen-bond donors (Lipinski definition) is 2. The fourth-order valence-electron chi connectivity index (χ4n) is 1.65. The summed E-state index contributed by atoms with van der Waals surface area (Å²) in [5.74, 6) is -1.88. The molecule has 2 N–H and O–H groups in total. The minimum Gasteiger partial charge on any atom is -0.508 e.